The van der Waals surface area contributed by atoms with E-state index in [0.717, 1.165) is 25.7 Å². The summed E-state index contributed by atoms with van der Waals surface area (Å²) in [5.74, 6) is -0.438. The van der Waals surface area contributed by atoms with Crippen LogP contribution in [0.4, 0.5) is 0 Å². The number of nitrogens with zero attached hydrogens (tertiary/aromatic N) is 3. The summed E-state index contributed by atoms with van der Waals surface area (Å²) in [6.07, 6.45) is 3.67. The molecule has 1 aliphatic rings. The van der Waals surface area contributed by atoms with Gasteiger partial charge in [0.1, 0.15) is 11.5 Å². The summed E-state index contributed by atoms with van der Waals surface area (Å²) in [4.78, 5) is 14.2. The zero-order valence-electron chi connectivity index (χ0n) is 15.2. The van der Waals surface area contributed by atoms with E-state index in [1.807, 2.05) is 25.1 Å². The Morgan fingerprint density at radius 3 is 2.78 bits per heavy atom. The number of carbonyl (C=O) groups is 1. The van der Waals surface area contributed by atoms with Crippen LogP contribution in [0.25, 0.3) is 0 Å². The van der Waals surface area contributed by atoms with Gasteiger partial charge in [0, 0.05) is 12.6 Å². The Morgan fingerprint density at radius 1 is 1.26 bits per heavy atom. The van der Waals surface area contributed by atoms with Crippen molar-refractivity contribution in [1.29, 1.82) is 0 Å². The molecule has 0 aliphatic carbocycles. The first-order chi connectivity index (χ1) is 13.0. The summed E-state index contributed by atoms with van der Waals surface area (Å²) in [6.45, 7) is 2.54. The van der Waals surface area contributed by atoms with Crippen LogP contribution in [0.2, 0.25) is 0 Å². The zero-order chi connectivity index (χ0) is 19.3. The molecule has 1 saturated heterocycles. The van der Waals surface area contributed by atoms with Gasteiger partial charge in [-0.2, -0.15) is 0 Å². The number of para-hydroxylation sites is 1. The highest BCUT2D eigenvalue weighted by atomic mass is 32.2. The van der Waals surface area contributed by atoms with Crippen molar-refractivity contribution in [3.63, 3.8) is 0 Å². The van der Waals surface area contributed by atoms with Crippen LogP contribution in [0.5, 0.6) is 5.75 Å². The molecule has 1 atom stereocenters. The number of carbonyl (C=O) groups excluding carboxylic acids is 1. The van der Waals surface area contributed by atoms with Gasteiger partial charge in [-0.1, -0.05) is 30.2 Å². The molecule has 0 bridgehead atoms. The van der Waals surface area contributed by atoms with Gasteiger partial charge >= 0.3 is 5.22 Å². The summed E-state index contributed by atoms with van der Waals surface area (Å²) in [5.41, 5.74) is 0. The van der Waals surface area contributed by atoms with Crippen LogP contribution in [0.3, 0.4) is 0 Å². The summed E-state index contributed by atoms with van der Waals surface area (Å²) < 4.78 is 35.6. The second-order valence-corrected chi connectivity index (χ2v) is 8.33. The first-order valence-electron chi connectivity index (χ1n) is 9.02. The Hall–Kier alpha value is -2.42. The number of amides is 1. The number of hydrogen-bond donors (Lipinski definition) is 0. The Kier molecular flexibility index (Phi) is 6.10. The molecule has 146 valence electrons. The predicted molar refractivity (Wildman–Crippen MR) is 96.8 cm³/mol. The minimum atomic E-state index is -3.99. The highest BCUT2D eigenvalue weighted by Gasteiger charge is 2.32. The zero-order valence-corrected chi connectivity index (χ0v) is 16.0. The molecule has 1 aromatic heterocycles. The Balaban J connectivity index is 1.63. The highest BCUT2D eigenvalue weighted by Crippen LogP contribution is 2.21. The van der Waals surface area contributed by atoms with Crippen molar-refractivity contribution in [2.75, 3.05) is 12.3 Å². The largest absolute Gasteiger partial charge is 0.484 e. The molecule has 1 aromatic carbocycles. The minimum absolute atomic E-state index is 0.0364. The van der Waals surface area contributed by atoms with Crippen LogP contribution in [0.1, 0.15) is 38.5 Å². The fraction of sp³-hybridized carbons (Fsp3) is 0.500. The molecule has 2 aromatic rings. The fourth-order valence-corrected chi connectivity index (χ4v) is 4.15. The SMILES string of the molecule is CCC1CCCCN1C(=O)CS(=O)(=O)c1nnc(COc2ccccc2)o1. The first-order valence-corrected chi connectivity index (χ1v) is 10.7. The number of aromatic nitrogens is 2. The lowest BCUT2D eigenvalue weighted by molar-refractivity contribution is -0.132. The molecule has 0 spiro atoms. The molecule has 3 rings (SSSR count). The number of hydrogen-bond acceptors (Lipinski definition) is 7. The molecule has 1 fully saturated rings. The van der Waals surface area contributed by atoms with Gasteiger partial charge in [0.2, 0.25) is 15.7 Å². The maximum absolute atomic E-state index is 12.5. The molecule has 8 nitrogen and oxygen atoms in total. The molecule has 0 saturated carbocycles. The average molecular weight is 393 g/mol. The second kappa shape index (κ2) is 8.51. The summed E-state index contributed by atoms with van der Waals surface area (Å²) in [5, 5.41) is 6.74. The van der Waals surface area contributed by atoms with E-state index in [1.54, 1.807) is 17.0 Å². The van der Waals surface area contributed by atoms with Crippen LogP contribution < -0.4 is 4.74 Å². The van der Waals surface area contributed by atoms with Gasteiger partial charge < -0.3 is 14.1 Å². The lowest BCUT2D eigenvalue weighted by Gasteiger charge is -2.35. The van der Waals surface area contributed by atoms with Crippen molar-refractivity contribution >= 4 is 15.7 Å². The predicted octanol–water partition coefficient (Wildman–Crippen LogP) is 2.21. The van der Waals surface area contributed by atoms with E-state index in [4.69, 9.17) is 9.15 Å². The van der Waals surface area contributed by atoms with Crippen molar-refractivity contribution in [1.82, 2.24) is 15.1 Å². The van der Waals surface area contributed by atoms with Crippen molar-refractivity contribution in [3.05, 3.63) is 36.2 Å². The summed E-state index contributed by atoms with van der Waals surface area (Å²) in [7, 11) is -3.99. The first kappa shape index (κ1) is 19.3. The minimum Gasteiger partial charge on any atom is -0.484 e. The topological polar surface area (TPSA) is 103 Å². The van der Waals surface area contributed by atoms with E-state index in [2.05, 4.69) is 10.2 Å². The van der Waals surface area contributed by atoms with Crippen molar-refractivity contribution < 1.29 is 22.4 Å². The fourth-order valence-electron chi connectivity index (χ4n) is 3.14. The van der Waals surface area contributed by atoms with Crippen LogP contribution in [0, 0.1) is 0 Å². The third kappa shape index (κ3) is 4.85. The number of rotatable bonds is 7. The molecule has 9 heteroatoms. The second-order valence-electron chi connectivity index (χ2n) is 6.47. The van der Waals surface area contributed by atoms with Gasteiger partial charge in [0.25, 0.3) is 5.89 Å². The highest BCUT2D eigenvalue weighted by molar-refractivity contribution is 7.91. The van der Waals surface area contributed by atoms with Crippen LogP contribution in [-0.2, 0) is 21.2 Å². The molecule has 2 heterocycles. The van der Waals surface area contributed by atoms with E-state index in [0.29, 0.717) is 12.3 Å². The lowest BCUT2D eigenvalue weighted by atomic mass is 10.0. The number of ether oxygens (including phenoxy) is 1. The molecule has 1 amide bonds. The third-order valence-corrected chi connectivity index (χ3v) is 5.88. The molecular weight excluding hydrogens is 370 g/mol. The molecule has 0 N–H and O–H groups in total. The van der Waals surface area contributed by atoms with E-state index >= 15 is 0 Å². The monoisotopic (exact) mass is 393 g/mol. The van der Waals surface area contributed by atoms with Gasteiger partial charge in [-0.3, -0.25) is 4.79 Å². The van der Waals surface area contributed by atoms with Crippen molar-refractivity contribution in [3.8, 4) is 5.75 Å². The maximum atomic E-state index is 12.5. The Morgan fingerprint density at radius 2 is 2.04 bits per heavy atom. The number of sulfone groups is 1. The van der Waals surface area contributed by atoms with Gasteiger partial charge in [-0.15, -0.1) is 5.10 Å². The molecule has 0 radical (unpaired) electrons. The van der Waals surface area contributed by atoms with E-state index in [9.17, 15) is 13.2 Å². The smallest absolute Gasteiger partial charge is 0.336 e. The van der Waals surface area contributed by atoms with E-state index in [1.165, 1.54) is 0 Å². The van der Waals surface area contributed by atoms with E-state index in [-0.39, 0.29) is 18.5 Å². The standard InChI is InChI=1S/C18H23N3O5S/c1-2-14-8-6-7-11-21(14)17(22)13-27(23,24)18-20-19-16(26-18)12-25-15-9-4-3-5-10-15/h3-5,9-10,14H,2,6-8,11-13H2,1H3. The average Bonchev–Trinajstić information content (AvgIpc) is 3.17. The van der Waals surface area contributed by atoms with Crippen molar-refractivity contribution in [2.45, 2.75) is 50.5 Å². The summed E-state index contributed by atoms with van der Waals surface area (Å²) >= 11 is 0. The molecule has 27 heavy (non-hydrogen) atoms. The van der Waals surface area contributed by atoms with Gasteiger partial charge in [-0.25, -0.2) is 8.42 Å². The van der Waals surface area contributed by atoms with Crippen LogP contribution in [0.15, 0.2) is 40.0 Å². The van der Waals surface area contributed by atoms with E-state index < -0.39 is 26.7 Å². The number of likely N-dealkylation sites (tertiary alicyclic amines) is 1. The van der Waals surface area contributed by atoms with Gasteiger partial charge in [-0.05, 0) is 37.8 Å². The molecular formula is C18H23N3O5S. The molecule has 1 unspecified atom stereocenters. The Labute approximate surface area is 158 Å². The quantitative estimate of drug-likeness (QED) is 0.710. The maximum Gasteiger partial charge on any atom is 0.336 e. The Bertz CT molecular complexity index is 866. The summed E-state index contributed by atoms with van der Waals surface area (Å²) in [6, 6.07) is 9.10. The number of piperidine rings is 1. The van der Waals surface area contributed by atoms with Crippen LogP contribution in [-0.4, -0.2) is 47.8 Å². The molecule has 1 aliphatic heterocycles. The van der Waals surface area contributed by atoms with Gasteiger partial charge in [0.15, 0.2) is 6.61 Å². The van der Waals surface area contributed by atoms with Crippen LogP contribution >= 0.6 is 0 Å². The normalized spacial score (nSPS) is 17.7. The van der Waals surface area contributed by atoms with Gasteiger partial charge in [0.05, 0.1) is 0 Å². The number of benzene rings is 1. The third-order valence-electron chi connectivity index (χ3n) is 4.55. The lowest BCUT2D eigenvalue weighted by Crippen LogP contribution is -2.45. The van der Waals surface area contributed by atoms with Crippen molar-refractivity contribution in [2.24, 2.45) is 0 Å².